The molecule has 2 aromatic carbocycles. The van der Waals surface area contributed by atoms with Gasteiger partial charge in [-0.3, -0.25) is 4.79 Å². The number of hydrogen-bond donors (Lipinski definition) is 1. The van der Waals surface area contributed by atoms with E-state index in [1.54, 1.807) is 19.2 Å². The monoisotopic (exact) mass is 343 g/mol. The molecule has 0 radical (unpaired) electrons. The van der Waals surface area contributed by atoms with Crippen molar-refractivity contribution < 1.29 is 13.9 Å². The summed E-state index contributed by atoms with van der Waals surface area (Å²) in [6.45, 7) is 6.66. The minimum atomic E-state index is -0.229. The summed E-state index contributed by atoms with van der Waals surface area (Å²) in [4.78, 5) is 12.5. The highest BCUT2D eigenvalue weighted by Gasteiger charge is 2.15. The molecule has 0 aliphatic carbocycles. The number of benzene rings is 2. The highest BCUT2D eigenvalue weighted by molar-refractivity contribution is 5.96. The van der Waals surface area contributed by atoms with Gasteiger partial charge in [-0.05, 0) is 66.6 Å². The molecule has 0 saturated heterocycles. The minimum Gasteiger partial charge on any atom is -0.496 e. The summed E-state index contributed by atoms with van der Waals surface area (Å²) in [7, 11) is 1.65. The van der Waals surface area contributed by atoms with Gasteiger partial charge in [-0.25, -0.2) is 4.39 Å². The van der Waals surface area contributed by atoms with Crippen LogP contribution in [-0.2, 0) is 6.42 Å². The van der Waals surface area contributed by atoms with Gasteiger partial charge in [-0.15, -0.1) is 0 Å². The van der Waals surface area contributed by atoms with Crippen LogP contribution in [0.5, 0.6) is 5.75 Å². The third-order valence-corrected chi connectivity index (χ3v) is 4.28. The standard InChI is InChI=1S/C21H26FNO2/c1-14(2)18-13-19(15(3)12-20(18)25-4)21(24)23-11-5-6-16-7-9-17(22)10-8-16/h7-10,12-14H,5-6,11H2,1-4H3,(H,23,24). The first kappa shape index (κ1) is 19.0. The molecule has 0 aliphatic heterocycles. The molecule has 0 aliphatic rings. The Hall–Kier alpha value is -2.36. The van der Waals surface area contributed by atoms with E-state index in [1.807, 2.05) is 19.1 Å². The normalized spacial score (nSPS) is 10.8. The van der Waals surface area contributed by atoms with Crippen molar-refractivity contribution in [2.45, 2.75) is 39.5 Å². The van der Waals surface area contributed by atoms with Crippen LogP contribution in [0.1, 0.15) is 53.2 Å². The molecule has 0 atom stereocenters. The van der Waals surface area contributed by atoms with Crippen LogP contribution in [0.15, 0.2) is 36.4 Å². The van der Waals surface area contributed by atoms with Crippen LogP contribution < -0.4 is 10.1 Å². The number of ether oxygens (including phenoxy) is 1. The van der Waals surface area contributed by atoms with Crippen LogP contribution >= 0.6 is 0 Å². The number of aryl methyl sites for hydroxylation is 2. The summed E-state index contributed by atoms with van der Waals surface area (Å²) in [5, 5.41) is 2.97. The molecule has 4 heteroatoms. The molecular formula is C21H26FNO2. The molecule has 3 nitrogen and oxygen atoms in total. The number of halogens is 1. The number of hydrogen-bond acceptors (Lipinski definition) is 2. The van der Waals surface area contributed by atoms with E-state index in [2.05, 4.69) is 19.2 Å². The Bertz CT molecular complexity index is 723. The maximum Gasteiger partial charge on any atom is 0.251 e. The fourth-order valence-corrected chi connectivity index (χ4v) is 2.81. The van der Waals surface area contributed by atoms with Crippen LogP contribution in [0.25, 0.3) is 0 Å². The number of amides is 1. The fourth-order valence-electron chi connectivity index (χ4n) is 2.81. The molecule has 0 bridgehead atoms. The maximum atomic E-state index is 12.9. The van der Waals surface area contributed by atoms with Gasteiger partial charge in [-0.1, -0.05) is 26.0 Å². The molecule has 2 aromatic rings. The molecule has 0 fully saturated rings. The Balaban J connectivity index is 1.96. The molecule has 1 N–H and O–H groups in total. The average Bonchev–Trinajstić information content (AvgIpc) is 2.59. The van der Waals surface area contributed by atoms with E-state index < -0.39 is 0 Å². The van der Waals surface area contributed by atoms with Crippen LogP contribution in [0.2, 0.25) is 0 Å². The predicted molar refractivity (Wildman–Crippen MR) is 98.9 cm³/mol. The van der Waals surface area contributed by atoms with E-state index in [0.29, 0.717) is 12.1 Å². The smallest absolute Gasteiger partial charge is 0.251 e. The topological polar surface area (TPSA) is 38.3 Å². The summed E-state index contributed by atoms with van der Waals surface area (Å²) < 4.78 is 18.3. The van der Waals surface area contributed by atoms with Gasteiger partial charge in [0.15, 0.2) is 0 Å². The highest BCUT2D eigenvalue weighted by atomic mass is 19.1. The molecule has 0 unspecified atom stereocenters. The maximum absolute atomic E-state index is 12.9. The third kappa shape index (κ3) is 5.05. The van der Waals surface area contributed by atoms with Crippen molar-refractivity contribution in [1.82, 2.24) is 5.32 Å². The molecule has 134 valence electrons. The van der Waals surface area contributed by atoms with Crippen molar-refractivity contribution in [1.29, 1.82) is 0 Å². The van der Waals surface area contributed by atoms with E-state index in [9.17, 15) is 9.18 Å². The Labute approximate surface area is 149 Å². The lowest BCUT2D eigenvalue weighted by atomic mass is 9.96. The second-order valence-corrected chi connectivity index (χ2v) is 6.55. The minimum absolute atomic E-state index is 0.0684. The lowest BCUT2D eigenvalue weighted by Gasteiger charge is -2.16. The number of rotatable bonds is 7. The Morgan fingerprint density at radius 1 is 1.20 bits per heavy atom. The van der Waals surface area contributed by atoms with Gasteiger partial charge in [0.25, 0.3) is 5.91 Å². The molecule has 0 heterocycles. The highest BCUT2D eigenvalue weighted by Crippen LogP contribution is 2.29. The summed E-state index contributed by atoms with van der Waals surface area (Å²) in [5.74, 6) is 0.801. The van der Waals surface area contributed by atoms with Crippen molar-refractivity contribution >= 4 is 5.91 Å². The van der Waals surface area contributed by atoms with Crippen molar-refractivity contribution in [3.05, 3.63) is 64.5 Å². The average molecular weight is 343 g/mol. The lowest BCUT2D eigenvalue weighted by molar-refractivity contribution is 0.0952. The Morgan fingerprint density at radius 2 is 1.88 bits per heavy atom. The van der Waals surface area contributed by atoms with Gasteiger partial charge < -0.3 is 10.1 Å². The summed E-state index contributed by atoms with van der Waals surface area (Å²) >= 11 is 0. The van der Waals surface area contributed by atoms with Gasteiger partial charge >= 0.3 is 0 Å². The van der Waals surface area contributed by atoms with Gasteiger partial charge in [0.2, 0.25) is 0 Å². The third-order valence-electron chi connectivity index (χ3n) is 4.28. The first-order valence-electron chi connectivity index (χ1n) is 8.63. The van der Waals surface area contributed by atoms with Gasteiger partial charge in [0.1, 0.15) is 11.6 Å². The molecule has 2 rings (SSSR count). The predicted octanol–water partition coefficient (Wildman–Crippen LogP) is 4.63. The molecule has 0 aromatic heterocycles. The molecule has 0 saturated carbocycles. The van der Waals surface area contributed by atoms with Crippen molar-refractivity contribution in [3.8, 4) is 5.75 Å². The van der Waals surface area contributed by atoms with Crippen molar-refractivity contribution in [2.24, 2.45) is 0 Å². The first-order valence-corrected chi connectivity index (χ1v) is 8.63. The second kappa shape index (κ2) is 8.65. The van der Waals surface area contributed by atoms with Gasteiger partial charge in [0, 0.05) is 12.1 Å². The zero-order chi connectivity index (χ0) is 18.4. The van der Waals surface area contributed by atoms with E-state index in [0.717, 1.165) is 35.3 Å². The quantitative estimate of drug-likeness (QED) is 0.745. The summed E-state index contributed by atoms with van der Waals surface area (Å²) in [5.41, 5.74) is 3.69. The zero-order valence-electron chi connectivity index (χ0n) is 15.4. The molecule has 1 amide bonds. The second-order valence-electron chi connectivity index (χ2n) is 6.55. The number of carbonyl (C=O) groups excluding carboxylic acids is 1. The van der Waals surface area contributed by atoms with E-state index in [-0.39, 0.29) is 17.6 Å². The fraction of sp³-hybridized carbons (Fsp3) is 0.381. The lowest BCUT2D eigenvalue weighted by Crippen LogP contribution is -2.25. The Kier molecular flexibility index (Phi) is 6.57. The van der Waals surface area contributed by atoms with Crippen molar-refractivity contribution in [3.63, 3.8) is 0 Å². The molecule has 0 spiro atoms. The molecule has 25 heavy (non-hydrogen) atoms. The van der Waals surface area contributed by atoms with Crippen molar-refractivity contribution in [2.75, 3.05) is 13.7 Å². The van der Waals surface area contributed by atoms with Crippen LogP contribution in [0.4, 0.5) is 4.39 Å². The largest absolute Gasteiger partial charge is 0.496 e. The zero-order valence-corrected chi connectivity index (χ0v) is 15.4. The SMILES string of the molecule is COc1cc(C)c(C(=O)NCCCc2ccc(F)cc2)cc1C(C)C. The van der Waals surface area contributed by atoms with Crippen LogP contribution in [0, 0.1) is 12.7 Å². The van der Waals surface area contributed by atoms with Gasteiger partial charge in [0.05, 0.1) is 7.11 Å². The first-order chi connectivity index (χ1) is 11.9. The van der Waals surface area contributed by atoms with Crippen LogP contribution in [0.3, 0.4) is 0 Å². The van der Waals surface area contributed by atoms with Gasteiger partial charge in [-0.2, -0.15) is 0 Å². The van der Waals surface area contributed by atoms with E-state index in [4.69, 9.17) is 4.74 Å². The summed E-state index contributed by atoms with van der Waals surface area (Å²) in [6.07, 6.45) is 1.61. The van der Waals surface area contributed by atoms with E-state index >= 15 is 0 Å². The molecular weight excluding hydrogens is 317 g/mol. The van der Waals surface area contributed by atoms with E-state index in [1.165, 1.54) is 12.1 Å². The number of nitrogens with one attached hydrogen (secondary N) is 1. The Morgan fingerprint density at radius 3 is 2.48 bits per heavy atom. The number of methoxy groups -OCH3 is 1. The summed E-state index contributed by atoms with van der Waals surface area (Å²) in [6, 6.07) is 10.3. The number of carbonyl (C=O) groups is 1. The van der Waals surface area contributed by atoms with Crippen LogP contribution in [-0.4, -0.2) is 19.6 Å².